The normalized spacial score (nSPS) is 15.0. The number of rotatable bonds is 4. The highest BCUT2D eigenvalue weighted by Crippen LogP contribution is 2.32. The molecule has 0 fully saturated rings. The molecule has 0 heterocycles. The van der Waals surface area contributed by atoms with E-state index in [0.29, 0.717) is 0 Å². The van der Waals surface area contributed by atoms with E-state index >= 15 is 0 Å². The average molecular weight is 282 g/mol. The van der Waals surface area contributed by atoms with Gasteiger partial charge in [-0.05, 0) is 24.6 Å². The molecule has 0 spiro atoms. The van der Waals surface area contributed by atoms with E-state index in [2.05, 4.69) is 5.92 Å². The number of fused-ring (bicyclic) bond motifs is 1. The number of ether oxygens (including phenoxy) is 2. The summed E-state index contributed by atoms with van der Waals surface area (Å²) in [4.78, 5) is 12.5. The number of carbonyl (C=O) groups is 1. The fraction of sp³-hybridized carbons (Fsp3) is 0.278. The van der Waals surface area contributed by atoms with Crippen LogP contribution in [0.15, 0.2) is 42.5 Å². The van der Waals surface area contributed by atoms with Gasteiger partial charge >= 0.3 is 5.97 Å². The van der Waals surface area contributed by atoms with Crippen molar-refractivity contribution in [2.75, 3.05) is 7.11 Å². The minimum Gasteiger partial charge on any atom is -0.447 e. The molecule has 0 N–H and O–H groups in total. The number of carbonyl (C=O) groups excluding carboxylic acids is 1. The highest BCUT2D eigenvalue weighted by molar-refractivity contribution is 5.92. The van der Waals surface area contributed by atoms with Gasteiger partial charge in [-0.3, -0.25) is 0 Å². The molecule has 0 unspecified atom stereocenters. The molecule has 0 aromatic heterocycles. The summed E-state index contributed by atoms with van der Waals surface area (Å²) < 4.78 is 10.8. The van der Waals surface area contributed by atoms with E-state index in [1.807, 2.05) is 42.5 Å². The lowest BCUT2D eigenvalue weighted by molar-refractivity contribution is -0.170. The Morgan fingerprint density at radius 1 is 1.24 bits per heavy atom. The third kappa shape index (κ3) is 2.76. The van der Waals surface area contributed by atoms with Gasteiger partial charge in [0.2, 0.25) is 0 Å². The van der Waals surface area contributed by atoms with Crippen LogP contribution in [0.5, 0.6) is 0 Å². The van der Waals surface area contributed by atoms with Crippen molar-refractivity contribution in [3.8, 4) is 12.3 Å². The maximum Gasteiger partial charge on any atom is 0.344 e. The zero-order valence-corrected chi connectivity index (χ0v) is 12.4. The van der Waals surface area contributed by atoms with Gasteiger partial charge in [-0.15, -0.1) is 6.42 Å². The molecule has 2 aromatic carbocycles. The lowest BCUT2D eigenvalue weighted by Gasteiger charge is -2.28. The van der Waals surface area contributed by atoms with E-state index in [-0.39, 0.29) is 0 Å². The molecule has 0 saturated carbocycles. The Hall–Kier alpha value is -2.31. The van der Waals surface area contributed by atoms with Crippen LogP contribution in [0.4, 0.5) is 0 Å². The van der Waals surface area contributed by atoms with Gasteiger partial charge in [-0.25, -0.2) is 4.79 Å². The van der Waals surface area contributed by atoms with Crippen molar-refractivity contribution < 1.29 is 14.3 Å². The van der Waals surface area contributed by atoms with Crippen LogP contribution in [0.2, 0.25) is 0 Å². The molecule has 21 heavy (non-hydrogen) atoms. The van der Waals surface area contributed by atoms with Crippen molar-refractivity contribution >= 4 is 16.7 Å². The minimum atomic E-state index is -1.20. The van der Waals surface area contributed by atoms with Crippen LogP contribution in [0, 0.1) is 12.3 Å². The maximum absolute atomic E-state index is 12.5. The lowest BCUT2D eigenvalue weighted by Crippen LogP contribution is -2.38. The molecule has 2 aromatic rings. The summed E-state index contributed by atoms with van der Waals surface area (Å²) in [5.74, 6) is 1.89. The number of hydrogen-bond acceptors (Lipinski definition) is 3. The number of terminal acetylenes is 1. The van der Waals surface area contributed by atoms with Crippen LogP contribution in [0.1, 0.15) is 19.4 Å². The highest BCUT2D eigenvalue weighted by Gasteiger charge is 2.39. The molecule has 0 bridgehead atoms. The van der Waals surface area contributed by atoms with E-state index in [0.717, 1.165) is 16.3 Å². The number of esters is 1. The third-order valence-corrected chi connectivity index (χ3v) is 3.62. The summed E-state index contributed by atoms with van der Waals surface area (Å²) in [6.07, 6.45) is 4.67. The molecule has 0 saturated heterocycles. The molecule has 3 nitrogen and oxygen atoms in total. The van der Waals surface area contributed by atoms with Gasteiger partial charge in [-0.1, -0.05) is 48.4 Å². The quantitative estimate of drug-likeness (QED) is 0.638. The van der Waals surface area contributed by atoms with Crippen molar-refractivity contribution in [3.05, 3.63) is 48.0 Å². The van der Waals surface area contributed by atoms with Crippen LogP contribution in [0.25, 0.3) is 10.8 Å². The van der Waals surface area contributed by atoms with Crippen LogP contribution in [0.3, 0.4) is 0 Å². The molecule has 108 valence electrons. The molecule has 0 aliphatic rings. The zero-order valence-electron chi connectivity index (χ0n) is 12.4. The first-order valence-corrected chi connectivity index (χ1v) is 6.73. The third-order valence-electron chi connectivity index (χ3n) is 3.62. The molecule has 0 aliphatic heterocycles. The van der Waals surface area contributed by atoms with E-state index in [4.69, 9.17) is 15.9 Å². The second kappa shape index (κ2) is 5.99. The minimum absolute atomic E-state index is 0.494. The van der Waals surface area contributed by atoms with E-state index in [1.165, 1.54) is 7.11 Å². The molecule has 2 rings (SSSR count). The zero-order chi connectivity index (χ0) is 15.5. The largest absolute Gasteiger partial charge is 0.447 e. The second-order valence-electron chi connectivity index (χ2n) is 4.98. The smallest absolute Gasteiger partial charge is 0.344 e. The predicted octanol–water partition coefficient (Wildman–Crippen LogP) is 3.27. The van der Waals surface area contributed by atoms with Crippen molar-refractivity contribution in [3.63, 3.8) is 0 Å². The standard InChI is InChI=1S/C18H18O3/c1-5-13(2)21-17(19)18(3,20-4)16-12-8-10-14-9-6-7-11-15(14)16/h1,6-13H,2-4H3/t13-,18+/m1/s1. The Morgan fingerprint density at radius 2 is 1.90 bits per heavy atom. The summed E-state index contributed by atoms with van der Waals surface area (Å²) in [6, 6.07) is 13.6. The Labute approximate surface area is 124 Å². The predicted molar refractivity (Wildman–Crippen MR) is 82.7 cm³/mol. The number of benzene rings is 2. The Bertz CT molecular complexity index is 694. The summed E-state index contributed by atoms with van der Waals surface area (Å²) >= 11 is 0. The van der Waals surface area contributed by atoms with Crippen LogP contribution in [-0.4, -0.2) is 19.2 Å². The highest BCUT2D eigenvalue weighted by atomic mass is 16.6. The van der Waals surface area contributed by atoms with Crippen molar-refractivity contribution in [1.29, 1.82) is 0 Å². The molecule has 0 aliphatic carbocycles. The van der Waals surface area contributed by atoms with Crippen LogP contribution in [-0.2, 0) is 19.9 Å². The van der Waals surface area contributed by atoms with Crippen molar-refractivity contribution in [2.24, 2.45) is 0 Å². The van der Waals surface area contributed by atoms with Gasteiger partial charge < -0.3 is 9.47 Å². The SMILES string of the molecule is C#C[C@@H](C)OC(=O)[C@@](C)(OC)c1cccc2ccccc12. The van der Waals surface area contributed by atoms with E-state index < -0.39 is 17.7 Å². The molecule has 2 atom stereocenters. The lowest BCUT2D eigenvalue weighted by atomic mass is 9.90. The monoisotopic (exact) mass is 282 g/mol. The van der Waals surface area contributed by atoms with Gasteiger partial charge in [0, 0.05) is 12.7 Å². The molecular weight excluding hydrogens is 264 g/mol. The van der Waals surface area contributed by atoms with Gasteiger partial charge in [0.05, 0.1) is 0 Å². The van der Waals surface area contributed by atoms with Gasteiger partial charge in [0.25, 0.3) is 0 Å². The average Bonchev–Trinajstić information content (AvgIpc) is 2.53. The first-order valence-electron chi connectivity index (χ1n) is 6.73. The van der Waals surface area contributed by atoms with Crippen molar-refractivity contribution in [2.45, 2.75) is 25.6 Å². The fourth-order valence-electron chi connectivity index (χ4n) is 2.25. The number of methoxy groups -OCH3 is 1. The summed E-state index contributed by atoms with van der Waals surface area (Å²) in [5, 5.41) is 1.99. The molecule has 3 heteroatoms. The summed E-state index contributed by atoms with van der Waals surface area (Å²) in [5.41, 5.74) is -0.441. The van der Waals surface area contributed by atoms with Gasteiger partial charge in [-0.2, -0.15) is 0 Å². The number of hydrogen-bond donors (Lipinski definition) is 0. The van der Waals surface area contributed by atoms with Crippen LogP contribution < -0.4 is 0 Å². The second-order valence-corrected chi connectivity index (χ2v) is 4.98. The first kappa shape index (κ1) is 15.1. The molecular formula is C18H18O3. The molecule has 0 radical (unpaired) electrons. The van der Waals surface area contributed by atoms with Gasteiger partial charge in [0.1, 0.15) is 0 Å². The van der Waals surface area contributed by atoms with Crippen LogP contribution >= 0.6 is 0 Å². The summed E-state index contributed by atoms with van der Waals surface area (Å²) in [7, 11) is 1.49. The Balaban J connectivity index is 2.53. The molecule has 0 amide bonds. The fourth-order valence-corrected chi connectivity index (χ4v) is 2.25. The Morgan fingerprint density at radius 3 is 2.57 bits per heavy atom. The maximum atomic E-state index is 12.5. The van der Waals surface area contributed by atoms with E-state index in [9.17, 15) is 4.79 Å². The topological polar surface area (TPSA) is 35.5 Å². The summed E-state index contributed by atoms with van der Waals surface area (Å²) in [6.45, 7) is 3.34. The van der Waals surface area contributed by atoms with Gasteiger partial charge in [0.15, 0.2) is 11.7 Å². The first-order chi connectivity index (χ1) is 10.0. The Kier molecular flexibility index (Phi) is 4.30. The van der Waals surface area contributed by atoms with Crippen molar-refractivity contribution in [1.82, 2.24) is 0 Å². The van der Waals surface area contributed by atoms with E-state index in [1.54, 1.807) is 13.8 Å².